The predicted molar refractivity (Wildman–Crippen MR) is 132 cm³/mol. The molecule has 1 saturated heterocycles. The lowest BCUT2D eigenvalue weighted by molar-refractivity contribution is 0.0959. The molecule has 2 aromatic rings. The lowest BCUT2D eigenvalue weighted by atomic mass is 9.96. The van der Waals surface area contributed by atoms with Gasteiger partial charge in [0.2, 0.25) is 10.0 Å². The smallest absolute Gasteiger partial charge is 0.252 e. The van der Waals surface area contributed by atoms with E-state index in [1.54, 1.807) is 25.3 Å². The molecule has 1 amide bonds. The standard InChI is InChI=1S/C26H35N3O4S/c1-27-26(30)24-11-5-6-12-25(24)34(31,32)29(14-15-33-2)19-20-8-7-13-28(18-20)23-16-21-9-3-4-10-22(21)17-23/h3-6,9-12,20,23H,7-8,13-19H2,1-2H3,(H,27,30). The van der Waals surface area contributed by atoms with Crippen LogP contribution in [0, 0.1) is 5.92 Å². The summed E-state index contributed by atoms with van der Waals surface area (Å²) in [5.74, 6) is -0.174. The third kappa shape index (κ3) is 5.35. The zero-order chi connectivity index (χ0) is 24.1. The highest BCUT2D eigenvalue weighted by atomic mass is 32.2. The second-order valence-electron chi connectivity index (χ2n) is 9.27. The molecular weight excluding hydrogens is 450 g/mol. The molecule has 8 heteroatoms. The number of likely N-dealkylation sites (tertiary alicyclic amines) is 1. The van der Waals surface area contributed by atoms with Crippen molar-refractivity contribution in [2.45, 2.75) is 36.6 Å². The van der Waals surface area contributed by atoms with Crippen molar-refractivity contribution >= 4 is 15.9 Å². The zero-order valence-corrected chi connectivity index (χ0v) is 20.9. The van der Waals surface area contributed by atoms with Crippen molar-refractivity contribution in [3.05, 3.63) is 65.2 Å². The molecule has 0 aromatic heterocycles. The Bertz CT molecular complexity index is 1080. The van der Waals surface area contributed by atoms with Gasteiger partial charge in [-0.15, -0.1) is 0 Å². The summed E-state index contributed by atoms with van der Waals surface area (Å²) in [6, 6.07) is 15.6. The van der Waals surface area contributed by atoms with Gasteiger partial charge in [0.05, 0.1) is 17.1 Å². The number of piperidine rings is 1. The monoisotopic (exact) mass is 485 g/mol. The van der Waals surface area contributed by atoms with E-state index in [0.29, 0.717) is 19.2 Å². The van der Waals surface area contributed by atoms with E-state index in [0.717, 1.165) is 38.8 Å². The maximum absolute atomic E-state index is 13.7. The Labute approximate surface area is 203 Å². The van der Waals surface area contributed by atoms with Crippen molar-refractivity contribution in [2.24, 2.45) is 5.92 Å². The van der Waals surface area contributed by atoms with E-state index in [4.69, 9.17) is 4.74 Å². The molecule has 1 N–H and O–H groups in total. The van der Waals surface area contributed by atoms with Crippen LogP contribution < -0.4 is 5.32 Å². The number of hydrogen-bond donors (Lipinski definition) is 1. The largest absolute Gasteiger partial charge is 0.383 e. The first-order valence-electron chi connectivity index (χ1n) is 12.0. The minimum Gasteiger partial charge on any atom is -0.383 e. The Morgan fingerprint density at radius 1 is 1.12 bits per heavy atom. The average Bonchev–Trinajstić information content (AvgIpc) is 3.30. The molecule has 7 nitrogen and oxygen atoms in total. The zero-order valence-electron chi connectivity index (χ0n) is 20.1. The Balaban J connectivity index is 1.51. The minimum atomic E-state index is -3.86. The van der Waals surface area contributed by atoms with Crippen LogP contribution in [0.1, 0.15) is 34.3 Å². The van der Waals surface area contributed by atoms with Crippen LogP contribution in [0.5, 0.6) is 0 Å². The maximum atomic E-state index is 13.7. The Morgan fingerprint density at radius 3 is 2.47 bits per heavy atom. The fourth-order valence-electron chi connectivity index (χ4n) is 5.32. The van der Waals surface area contributed by atoms with Gasteiger partial charge in [0.15, 0.2) is 0 Å². The van der Waals surface area contributed by atoms with Crippen LogP contribution in [0.15, 0.2) is 53.4 Å². The first-order valence-corrected chi connectivity index (χ1v) is 13.5. The summed E-state index contributed by atoms with van der Waals surface area (Å²) in [5.41, 5.74) is 3.04. The number of nitrogens with zero attached hydrogens (tertiary/aromatic N) is 2. The number of fused-ring (bicyclic) bond motifs is 1. The third-order valence-corrected chi connectivity index (χ3v) is 9.00. The molecule has 1 aliphatic carbocycles. The van der Waals surface area contributed by atoms with E-state index >= 15 is 0 Å². The number of rotatable bonds is 9. The number of nitrogens with one attached hydrogen (secondary N) is 1. The van der Waals surface area contributed by atoms with Gasteiger partial charge in [-0.1, -0.05) is 36.4 Å². The van der Waals surface area contributed by atoms with Crippen molar-refractivity contribution < 1.29 is 17.9 Å². The fraction of sp³-hybridized carbons (Fsp3) is 0.500. The highest BCUT2D eigenvalue weighted by Crippen LogP contribution is 2.30. The van der Waals surface area contributed by atoms with Crippen LogP contribution in [0.4, 0.5) is 0 Å². The molecule has 1 heterocycles. The van der Waals surface area contributed by atoms with Crippen LogP contribution in [-0.4, -0.2) is 76.5 Å². The molecule has 34 heavy (non-hydrogen) atoms. The molecule has 0 saturated carbocycles. The quantitative estimate of drug-likeness (QED) is 0.591. The average molecular weight is 486 g/mol. The molecule has 1 atom stereocenters. The Morgan fingerprint density at radius 2 is 1.79 bits per heavy atom. The van der Waals surface area contributed by atoms with Gasteiger partial charge in [-0.3, -0.25) is 9.69 Å². The summed E-state index contributed by atoms with van der Waals surface area (Å²) >= 11 is 0. The van der Waals surface area contributed by atoms with Crippen LogP contribution in [0.3, 0.4) is 0 Å². The molecule has 184 valence electrons. The van der Waals surface area contributed by atoms with E-state index in [1.807, 2.05) is 0 Å². The molecule has 0 spiro atoms. The molecule has 4 rings (SSSR count). The van der Waals surface area contributed by atoms with Crippen molar-refractivity contribution in [3.63, 3.8) is 0 Å². The summed E-state index contributed by atoms with van der Waals surface area (Å²) in [4.78, 5) is 15.0. The second-order valence-corrected chi connectivity index (χ2v) is 11.2. The number of amides is 1. The number of carbonyl (C=O) groups excluding carboxylic acids is 1. The summed E-state index contributed by atoms with van der Waals surface area (Å²) in [6.07, 6.45) is 4.18. The van der Waals surface area contributed by atoms with Crippen molar-refractivity contribution in [3.8, 4) is 0 Å². The van der Waals surface area contributed by atoms with Crippen LogP contribution in [0.25, 0.3) is 0 Å². The predicted octanol–water partition coefficient (Wildman–Crippen LogP) is 2.56. The normalized spacial score (nSPS) is 19.3. The van der Waals surface area contributed by atoms with Gasteiger partial charge in [0.25, 0.3) is 5.91 Å². The van der Waals surface area contributed by atoms with Gasteiger partial charge in [0.1, 0.15) is 0 Å². The highest BCUT2D eigenvalue weighted by molar-refractivity contribution is 7.89. The topological polar surface area (TPSA) is 79.0 Å². The number of ether oxygens (including phenoxy) is 1. The molecular formula is C26H35N3O4S. The number of sulfonamides is 1. The number of hydrogen-bond acceptors (Lipinski definition) is 5. The van der Waals surface area contributed by atoms with Crippen molar-refractivity contribution in [1.82, 2.24) is 14.5 Å². The van der Waals surface area contributed by atoms with Gasteiger partial charge >= 0.3 is 0 Å². The van der Waals surface area contributed by atoms with Crippen LogP contribution in [-0.2, 0) is 27.6 Å². The van der Waals surface area contributed by atoms with Crippen molar-refractivity contribution in [1.29, 1.82) is 0 Å². The van der Waals surface area contributed by atoms with Gasteiger partial charge < -0.3 is 10.1 Å². The van der Waals surface area contributed by atoms with Crippen LogP contribution in [0.2, 0.25) is 0 Å². The number of carbonyl (C=O) groups is 1. The van der Waals surface area contributed by atoms with Gasteiger partial charge in [-0.25, -0.2) is 8.42 Å². The molecule has 0 radical (unpaired) electrons. The molecule has 1 aliphatic heterocycles. The van der Waals surface area contributed by atoms with Gasteiger partial charge in [-0.2, -0.15) is 4.31 Å². The molecule has 2 aromatic carbocycles. The first kappa shape index (κ1) is 24.9. The fourth-order valence-corrected chi connectivity index (χ4v) is 7.00. The minimum absolute atomic E-state index is 0.0457. The maximum Gasteiger partial charge on any atom is 0.252 e. The number of benzene rings is 2. The van der Waals surface area contributed by atoms with Crippen molar-refractivity contribution in [2.75, 3.05) is 46.9 Å². The van der Waals surface area contributed by atoms with Gasteiger partial charge in [-0.05, 0) is 61.4 Å². The second kappa shape index (κ2) is 11.0. The summed E-state index contributed by atoms with van der Waals surface area (Å²) < 4.78 is 34.2. The molecule has 1 unspecified atom stereocenters. The van der Waals surface area contributed by atoms with Crippen LogP contribution >= 0.6 is 0 Å². The van der Waals surface area contributed by atoms with E-state index in [1.165, 1.54) is 28.5 Å². The lowest BCUT2D eigenvalue weighted by Gasteiger charge is -2.38. The van der Waals surface area contributed by atoms with Gasteiger partial charge in [0, 0.05) is 39.8 Å². The van der Waals surface area contributed by atoms with E-state index in [-0.39, 0.29) is 22.9 Å². The van der Waals surface area contributed by atoms with E-state index in [9.17, 15) is 13.2 Å². The highest BCUT2D eigenvalue weighted by Gasteiger charge is 2.34. The van der Waals surface area contributed by atoms with E-state index < -0.39 is 15.9 Å². The Kier molecular flexibility index (Phi) is 8.03. The molecule has 1 fully saturated rings. The van der Waals surface area contributed by atoms with E-state index in [2.05, 4.69) is 34.5 Å². The molecule has 0 bridgehead atoms. The lowest BCUT2D eigenvalue weighted by Crippen LogP contribution is -2.47. The summed E-state index contributed by atoms with van der Waals surface area (Å²) in [5, 5.41) is 2.55. The third-order valence-electron chi connectivity index (χ3n) is 7.08. The Hall–Kier alpha value is -2.26. The number of methoxy groups -OCH3 is 1. The SMILES string of the molecule is CNC(=O)c1ccccc1S(=O)(=O)N(CCOC)CC1CCCN(C2Cc3ccccc3C2)C1. The first-order chi connectivity index (χ1) is 16.4. The molecule has 2 aliphatic rings. The summed E-state index contributed by atoms with van der Waals surface area (Å²) in [7, 11) is -0.786. The summed E-state index contributed by atoms with van der Waals surface area (Å²) in [6.45, 7) is 2.92.